The zero-order valence-corrected chi connectivity index (χ0v) is 9.18. The second kappa shape index (κ2) is 5.27. The normalized spacial score (nSPS) is 13.6. The summed E-state index contributed by atoms with van der Waals surface area (Å²) >= 11 is 0. The van der Waals surface area contributed by atoms with Crippen molar-refractivity contribution in [3.8, 4) is 0 Å². The van der Waals surface area contributed by atoms with Crippen LogP contribution in [0.4, 0.5) is 0 Å². The van der Waals surface area contributed by atoms with E-state index in [-0.39, 0.29) is 51.3 Å². The van der Waals surface area contributed by atoms with Gasteiger partial charge in [-0.15, -0.1) is 0 Å². The molecule has 18 heavy (non-hydrogen) atoms. The van der Waals surface area contributed by atoms with Gasteiger partial charge >= 0.3 is 35.3 Å². The van der Waals surface area contributed by atoms with E-state index in [1.54, 1.807) is 0 Å². The third-order valence-electron chi connectivity index (χ3n) is 2.34. The fraction of sp³-hybridized carbons (Fsp3) is 0. The van der Waals surface area contributed by atoms with E-state index in [2.05, 4.69) is 4.79 Å². The van der Waals surface area contributed by atoms with Gasteiger partial charge in [0.2, 0.25) is 0 Å². The molecule has 0 radical (unpaired) electrons. The molecule has 0 bridgehead atoms. The molecule has 1 aliphatic rings. The van der Waals surface area contributed by atoms with Gasteiger partial charge in [0.05, 0.1) is 0 Å². The number of ketones is 1. The number of carbonyl (C=O) groups excluding carboxylic acids is 1. The van der Waals surface area contributed by atoms with E-state index in [1.807, 2.05) is 0 Å². The van der Waals surface area contributed by atoms with Crippen LogP contribution in [0.3, 0.4) is 0 Å². The summed E-state index contributed by atoms with van der Waals surface area (Å²) in [5, 5.41) is 0. The van der Waals surface area contributed by atoms with Crippen LogP contribution in [-0.4, -0.2) is 58.8 Å². The van der Waals surface area contributed by atoms with Crippen LogP contribution < -0.4 is 0 Å². The van der Waals surface area contributed by atoms with Crippen molar-refractivity contribution in [3.63, 3.8) is 0 Å². The van der Waals surface area contributed by atoms with E-state index in [0.29, 0.717) is 0 Å². The maximum absolute atomic E-state index is 11.7. The summed E-state index contributed by atoms with van der Waals surface area (Å²) in [5.41, 5.74) is 8.53. The van der Waals surface area contributed by atoms with Crippen molar-refractivity contribution >= 4 is 57.2 Å². The molecule has 1 aromatic carbocycles. The quantitative estimate of drug-likeness (QED) is 0.340. The van der Waals surface area contributed by atoms with E-state index >= 15 is 0 Å². The van der Waals surface area contributed by atoms with Gasteiger partial charge in [0, 0.05) is 17.2 Å². The minimum atomic E-state index is -4.40. The zero-order chi connectivity index (χ0) is 12.6. The topological polar surface area (TPSA) is 108 Å². The van der Waals surface area contributed by atoms with Gasteiger partial charge in [-0.05, 0) is 12.1 Å². The molecule has 0 spiro atoms. The Morgan fingerprint density at radius 2 is 1.89 bits per heavy atom. The van der Waals surface area contributed by atoms with E-state index < -0.39 is 15.9 Å². The first kappa shape index (κ1) is 15.0. The number of hydrogen-bond donors (Lipinski definition) is 1. The second-order valence-corrected chi connectivity index (χ2v) is 4.73. The number of fused-ring (bicyclic) bond motifs is 1. The number of nitrogens with zero attached hydrogens (tertiary/aromatic N) is 2. The van der Waals surface area contributed by atoms with Gasteiger partial charge in [-0.1, -0.05) is 12.1 Å². The Morgan fingerprint density at radius 1 is 1.22 bits per heavy atom. The van der Waals surface area contributed by atoms with Crippen LogP contribution in [0.1, 0.15) is 15.9 Å². The first-order valence-electron chi connectivity index (χ1n) is 4.50. The van der Waals surface area contributed by atoms with E-state index in [0.717, 1.165) is 0 Å². The zero-order valence-electron chi connectivity index (χ0n) is 8.36. The molecule has 0 saturated carbocycles. The molecule has 0 amide bonds. The summed E-state index contributed by atoms with van der Waals surface area (Å²) in [6, 6.07) is 3.90. The molecule has 88 valence electrons. The predicted molar refractivity (Wildman–Crippen MR) is 65.4 cm³/mol. The third-order valence-corrected chi connectivity index (χ3v) is 3.25. The standard InChI is InChI=1S/C10H6N2O4S.Na.H/c11-12-8-5-4-6-7(10(8)13)2-1-3-9(6)17(14,15)16;;/h1-5H,(H,14,15,16);;. The molecule has 0 heterocycles. The number of benzene rings is 1. The second-order valence-electron chi connectivity index (χ2n) is 3.34. The minimum absolute atomic E-state index is 0. The fourth-order valence-electron chi connectivity index (χ4n) is 1.59. The number of carbonyl (C=O) groups is 1. The average molecular weight is 274 g/mol. The Balaban J connectivity index is 0.00000162. The van der Waals surface area contributed by atoms with Gasteiger partial charge < -0.3 is 5.53 Å². The first-order chi connectivity index (χ1) is 7.95. The van der Waals surface area contributed by atoms with E-state index in [9.17, 15) is 13.2 Å². The van der Waals surface area contributed by atoms with Crippen molar-refractivity contribution in [3.05, 3.63) is 40.9 Å². The molecule has 0 unspecified atom stereocenters. The Kier molecular flexibility index (Phi) is 4.39. The van der Waals surface area contributed by atoms with Crippen molar-refractivity contribution in [2.45, 2.75) is 4.90 Å². The Morgan fingerprint density at radius 3 is 2.44 bits per heavy atom. The van der Waals surface area contributed by atoms with Gasteiger partial charge in [-0.3, -0.25) is 9.35 Å². The number of Topliss-reactive ketones (excluding diaryl/α,β-unsaturated/α-hetero) is 1. The Hall–Kier alpha value is -1.08. The first-order valence-corrected chi connectivity index (χ1v) is 5.94. The van der Waals surface area contributed by atoms with Crippen molar-refractivity contribution in [1.29, 1.82) is 0 Å². The van der Waals surface area contributed by atoms with Crippen LogP contribution in [-0.2, 0) is 10.1 Å². The monoisotopic (exact) mass is 274 g/mol. The summed E-state index contributed by atoms with van der Waals surface area (Å²) in [5.74, 6) is -0.601. The van der Waals surface area contributed by atoms with Gasteiger partial charge in [0.1, 0.15) is 4.90 Å². The average Bonchev–Trinajstić information content (AvgIpc) is 2.28. The number of allylic oxidation sites excluding steroid dienone is 1. The molecule has 0 aliphatic heterocycles. The summed E-state index contributed by atoms with van der Waals surface area (Å²) in [6.45, 7) is 0. The van der Waals surface area contributed by atoms with Gasteiger partial charge in [0.25, 0.3) is 15.9 Å². The molecule has 1 aliphatic carbocycles. The molecule has 6 nitrogen and oxygen atoms in total. The van der Waals surface area contributed by atoms with Crippen LogP contribution in [0.15, 0.2) is 29.2 Å². The van der Waals surface area contributed by atoms with E-state index in [4.69, 9.17) is 10.1 Å². The molecule has 0 saturated heterocycles. The fourth-order valence-corrected chi connectivity index (χ4v) is 2.30. The van der Waals surface area contributed by atoms with Crippen LogP contribution >= 0.6 is 0 Å². The van der Waals surface area contributed by atoms with Gasteiger partial charge in [-0.25, -0.2) is 0 Å². The van der Waals surface area contributed by atoms with Crippen molar-refractivity contribution in [2.24, 2.45) is 0 Å². The SMILES string of the molecule is [N-]=[N+]=C1C=Cc2c(cccc2S(=O)(=O)O)C1=O.[NaH]. The van der Waals surface area contributed by atoms with Crippen molar-refractivity contribution < 1.29 is 22.6 Å². The molecule has 1 N–H and O–H groups in total. The number of hydrogen-bond acceptors (Lipinski definition) is 3. The molecule has 1 aromatic rings. The molecule has 0 atom stereocenters. The maximum atomic E-state index is 11.7. The molecule has 0 aromatic heterocycles. The summed E-state index contributed by atoms with van der Waals surface area (Å²) in [4.78, 5) is 14.1. The van der Waals surface area contributed by atoms with Crippen LogP contribution in [0, 0.1) is 0 Å². The van der Waals surface area contributed by atoms with Gasteiger partial charge in [-0.2, -0.15) is 13.2 Å². The number of rotatable bonds is 1. The van der Waals surface area contributed by atoms with Crippen LogP contribution in [0.5, 0.6) is 0 Å². The molecule has 2 rings (SSSR count). The van der Waals surface area contributed by atoms with Crippen molar-refractivity contribution in [1.82, 2.24) is 0 Å². The van der Waals surface area contributed by atoms with E-state index in [1.165, 1.54) is 30.4 Å². The predicted octanol–water partition coefficient (Wildman–Crippen LogP) is 0.165. The van der Waals surface area contributed by atoms with Crippen molar-refractivity contribution in [2.75, 3.05) is 0 Å². The summed E-state index contributed by atoms with van der Waals surface area (Å²) in [6.07, 6.45) is 2.48. The Bertz CT molecular complexity index is 703. The molecular weight excluding hydrogens is 267 g/mol. The molecule has 8 heteroatoms. The molecular formula is C10H7N2NaO4S. The summed E-state index contributed by atoms with van der Waals surface area (Å²) in [7, 11) is -4.40. The Labute approximate surface area is 125 Å². The summed E-state index contributed by atoms with van der Waals surface area (Å²) < 4.78 is 31.2. The van der Waals surface area contributed by atoms with Crippen LogP contribution in [0.2, 0.25) is 0 Å². The van der Waals surface area contributed by atoms with Crippen LogP contribution in [0.25, 0.3) is 11.6 Å². The third kappa shape index (κ3) is 2.51. The molecule has 0 fully saturated rings. The van der Waals surface area contributed by atoms with Gasteiger partial charge in [0.15, 0.2) is 0 Å².